The molecule has 0 amide bonds. The Kier molecular flexibility index (Phi) is 5.54. The van der Waals surface area contributed by atoms with E-state index in [1.165, 1.54) is 36.4 Å². The maximum atomic E-state index is 14.4. The SMILES string of the molecule is O=c1[nH]c2cc3c(cc2cc1CN(Cc1ccc(F)cc1)S(=O)(=O)c1ccccc1F)OCO3. The zero-order valence-corrected chi connectivity index (χ0v) is 18.4. The molecule has 0 aliphatic carbocycles. The van der Waals surface area contributed by atoms with Gasteiger partial charge in [-0.25, -0.2) is 17.2 Å². The number of halogens is 2. The van der Waals surface area contributed by atoms with Gasteiger partial charge in [0.15, 0.2) is 11.5 Å². The molecule has 34 heavy (non-hydrogen) atoms. The number of aromatic amines is 1. The second-order valence-corrected chi connectivity index (χ2v) is 9.65. The molecule has 0 radical (unpaired) electrons. The fourth-order valence-electron chi connectivity index (χ4n) is 3.76. The topological polar surface area (TPSA) is 88.7 Å². The summed E-state index contributed by atoms with van der Waals surface area (Å²) < 4.78 is 66.3. The van der Waals surface area contributed by atoms with Gasteiger partial charge in [0.25, 0.3) is 5.56 Å². The number of H-pyrrole nitrogens is 1. The van der Waals surface area contributed by atoms with Gasteiger partial charge >= 0.3 is 0 Å². The van der Waals surface area contributed by atoms with Gasteiger partial charge in [0.05, 0.1) is 5.52 Å². The van der Waals surface area contributed by atoms with Crippen molar-refractivity contribution in [3.63, 3.8) is 0 Å². The van der Waals surface area contributed by atoms with Crippen LogP contribution in [0.5, 0.6) is 11.5 Å². The van der Waals surface area contributed by atoms with Crippen molar-refractivity contribution >= 4 is 20.9 Å². The Morgan fingerprint density at radius 2 is 1.62 bits per heavy atom. The van der Waals surface area contributed by atoms with Gasteiger partial charge in [0.1, 0.15) is 16.5 Å². The largest absolute Gasteiger partial charge is 0.454 e. The molecular formula is C24H18F2N2O5S. The van der Waals surface area contributed by atoms with Gasteiger partial charge in [-0.15, -0.1) is 0 Å². The number of ether oxygens (including phenoxy) is 2. The molecule has 5 rings (SSSR count). The molecule has 174 valence electrons. The normalized spacial score (nSPS) is 13.0. The maximum Gasteiger partial charge on any atom is 0.252 e. The van der Waals surface area contributed by atoms with Crippen molar-refractivity contribution in [2.24, 2.45) is 0 Å². The van der Waals surface area contributed by atoms with E-state index in [9.17, 15) is 22.0 Å². The number of sulfonamides is 1. The molecule has 0 spiro atoms. The molecule has 4 aromatic rings. The highest BCUT2D eigenvalue weighted by molar-refractivity contribution is 7.89. The number of hydrogen-bond acceptors (Lipinski definition) is 5. The van der Waals surface area contributed by atoms with Gasteiger partial charge in [-0.05, 0) is 42.0 Å². The summed E-state index contributed by atoms with van der Waals surface area (Å²) in [5.74, 6) is -0.382. The van der Waals surface area contributed by atoms with Crippen molar-refractivity contribution in [1.29, 1.82) is 0 Å². The van der Waals surface area contributed by atoms with Crippen LogP contribution in [0.25, 0.3) is 10.9 Å². The number of nitrogens with one attached hydrogen (secondary N) is 1. The first kappa shape index (κ1) is 22.1. The smallest absolute Gasteiger partial charge is 0.252 e. The van der Waals surface area contributed by atoms with Crippen LogP contribution in [0.1, 0.15) is 11.1 Å². The number of rotatable bonds is 6. The molecule has 2 heterocycles. The van der Waals surface area contributed by atoms with Crippen molar-refractivity contribution in [3.8, 4) is 11.5 Å². The average molecular weight is 484 g/mol. The van der Waals surface area contributed by atoms with Gasteiger partial charge < -0.3 is 14.5 Å². The summed E-state index contributed by atoms with van der Waals surface area (Å²) >= 11 is 0. The van der Waals surface area contributed by atoms with E-state index in [-0.39, 0.29) is 25.4 Å². The highest BCUT2D eigenvalue weighted by Gasteiger charge is 2.29. The first-order chi connectivity index (χ1) is 16.3. The number of pyridine rings is 1. The molecule has 1 aliphatic heterocycles. The molecule has 0 unspecified atom stereocenters. The third-order valence-electron chi connectivity index (χ3n) is 5.49. The summed E-state index contributed by atoms with van der Waals surface area (Å²) in [6, 6.07) is 15.2. The Labute approximate surface area is 193 Å². The Morgan fingerprint density at radius 3 is 2.35 bits per heavy atom. The zero-order chi connectivity index (χ0) is 23.9. The van der Waals surface area contributed by atoms with Crippen LogP contribution in [0.4, 0.5) is 8.78 Å². The van der Waals surface area contributed by atoms with E-state index in [1.807, 2.05) is 0 Å². The van der Waals surface area contributed by atoms with Crippen LogP contribution in [-0.2, 0) is 23.1 Å². The Balaban J connectivity index is 1.57. The lowest BCUT2D eigenvalue weighted by molar-refractivity contribution is 0.174. The van der Waals surface area contributed by atoms with Crippen LogP contribution >= 0.6 is 0 Å². The fourth-order valence-corrected chi connectivity index (χ4v) is 5.23. The lowest BCUT2D eigenvalue weighted by Crippen LogP contribution is -2.33. The zero-order valence-electron chi connectivity index (χ0n) is 17.6. The van der Waals surface area contributed by atoms with E-state index in [0.29, 0.717) is 28.0 Å². The third kappa shape index (κ3) is 4.13. The van der Waals surface area contributed by atoms with Crippen molar-refractivity contribution < 1.29 is 26.7 Å². The number of hydrogen-bond donors (Lipinski definition) is 1. The van der Waals surface area contributed by atoms with Crippen LogP contribution in [0.15, 0.2) is 76.4 Å². The predicted molar refractivity (Wildman–Crippen MR) is 120 cm³/mol. The van der Waals surface area contributed by atoms with E-state index in [0.717, 1.165) is 16.4 Å². The van der Waals surface area contributed by atoms with E-state index in [1.54, 1.807) is 18.2 Å². The lowest BCUT2D eigenvalue weighted by atomic mass is 10.1. The minimum Gasteiger partial charge on any atom is -0.454 e. The van der Waals surface area contributed by atoms with Crippen molar-refractivity contribution in [1.82, 2.24) is 9.29 Å². The maximum absolute atomic E-state index is 14.4. The number of benzene rings is 3. The molecule has 0 atom stereocenters. The molecule has 1 aliphatic rings. The molecule has 0 saturated heterocycles. The molecule has 10 heteroatoms. The van der Waals surface area contributed by atoms with Gasteiger partial charge in [-0.2, -0.15) is 4.31 Å². The minimum atomic E-state index is -4.35. The van der Waals surface area contributed by atoms with Crippen molar-refractivity contribution in [2.45, 2.75) is 18.0 Å². The summed E-state index contributed by atoms with van der Waals surface area (Å²) in [6.45, 7) is -0.474. The molecular weight excluding hydrogens is 466 g/mol. The second-order valence-electron chi connectivity index (χ2n) is 7.75. The summed E-state index contributed by atoms with van der Waals surface area (Å²) in [6.07, 6.45) is 0. The predicted octanol–water partition coefficient (Wildman–Crippen LogP) is 3.93. The lowest BCUT2D eigenvalue weighted by Gasteiger charge is -2.22. The van der Waals surface area contributed by atoms with E-state index in [4.69, 9.17) is 9.47 Å². The standard InChI is InChI=1S/C24H18F2N2O5S/c25-18-7-5-15(6-8-18)12-28(34(30,31)23-4-2-1-3-19(23)26)13-17-9-16-10-21-22(33-14-32-21)11-20(16)27-24(17)29/h1-11H,12-14H2,(H,27,29). The molecule has 7 nitrogen and oxygen atoms in total. The van der Waals surface area contributed by atoms with Crippen LogP contribution in [-0.4, -0.2) is 24.5 Å². The van der Waals surface area contributed by atoms with Crippen LogP contribution in [0.3, 0.4) is 0 Å². The summed E-state index contributed by atoms with van der Waals surface area (Å²) in [7, 11) is -4.35. The number of nitrogens with zero attached hydrogens (tertiary/aromatic N) is 1. The Bertz CT molecular complexity index is 1550. The first-order valence-corrected chi connectivity index (χ1v) is 11.7. The van der Waals surface area contributed by atoms with Gasteiger partial charge in [0, 0.05) is 30.1 Å². The fraction of sp³-hybridized carbons (Fsp3) is 0.125. The molecule has 0 bridgehead atoms. The first-order valence-electron chi connectivity index (χ1n) is 10.3. The Morgan fingerprint density at radius 1 is 0.912 bits per heavy atom. The van der Waals surface area contributed by atoms with E-state index in [2.05, 4.69) is 4.98 Å². The quantitative estimate of drug-likeness (QED) is 0.448. The van der Waals surface area contributed by atoms with Gasteiger partial charge in [0.2, 0.25) is 16.8 Å². The Hall–Kier alpha value is -3.76. The molecule has 1 N–H and O–H groups in total. The van der Waals surface area contributed by atoms with E-state index >= 15 is 0 Å². The monoisotopic (exact) mass is 484 g/mol. The van der Waals surface area contributed by atoms with Gasteiger partial charge in [-0.1, -0.05) is 24.3 Å². The van der Waals surface area contributed by atoms with E-state index < -0.39 is 32.1 Å². The number of aromatic nitrogens is 1. The second kappa shape index (κ2) is 8.54. The van der Waals surface area contributed by atoms with Crippen LogP contribution in [0, 0.1) is 11.6 Å². The molecule has 0 saturated carbocycles. The summed E-state index contributed by atoms with van der Waals surface area (Å²) in [5, 5.41) is 0.615. The van der Waals surface area contributed by atoms with Crippen molar-refractivity contribution in [3.05, 3.63) is 99.8 Å². The van der Waals surface area contributed by atoms with Crippen LogP contribution < -0.4 is 15.0 Å². The van der Waals surface area contributed by atoms with Gasteiger partial charge in [-0.3, -0.25) is 4.79 Å². The minimum absolute atomic E-state index is 0.0646. The highest BCUT2D eigenvalue weighted by atomic mass is 32.2. The van der Waals surface area contributed by atoms with Crippen LogP contribution in [0.2, 0.25) is 0 Å². The highest BCUT2D eigenvalue weighted by Crippen LogP contribution is 2.35. The summed E-state index contributed by atoms with van der Waals surface area (Å²) in [5.41, 5.74) is 0.620. The third-order valence-corrected chi connectivity index (χ3v) is 7.31. The average Bonchev–Trinajstić information content (AvgIpc) is 3.26. The molecule has 1 aromatic heterocycles. The number of fused-ring (bicyclic) bond motifs is 2. The van der Waals surface area contributed by atoms with Crippen molar-refractivity contribution in [2.75, 3.05) is 6.79 Å². The molecule has 0 fully saturated rings. The summed E-state index contributed by atoms with van der Waals surface area (Å²) in [4.78, 5) is 15.0. The molecule has 3 aromatic carbocycles.